The molecule has 3 aromatic rings. The van der Waals surface area contributed by atoms with Gasteiger partial charge in [0, 0.05) is 49.7 Å². The van der Waals surface area contributed by atoms with Crippen molar-refractivity contribution in [2.45, 2.75) is 56.7 Å². The van der Waals surface area contributed by atoms with Crippen LogP contribution in [0.2, 0.25) is 0 Å². The fourth-order valence-corrected chi connectivity index (χ4v) is 6.32. The third kappa shape index (κ3) is 5.38. The lowest BCUT2D eigenvalue weighted by molar-refractivity contribution is -0.136. The average Bonchev–Trinajstić information content (AvgIpc) is 3.56. The van der Waals surface area contributed by atoms with Gasteiger partial charge in [0.05, 0.1) is 29.1 Å². The third-order valence-corrected chi connectivity index (χ3v) is 8.84. The lowest BCUT2D eigenvalue weighted by Gasteiger charge is -2.35. The molecule has 12 nitrogen and oxygen atoms in total. The Labute approximate surface area is 248 Å². The van der Waals surface area contributed by atoms with Gasteiger partial charge in [-0.05, 0) is 68.4 Å². The first-order valence-corrected chi connectivity index (χ1v) is 14.9. The Kier molecular flexibility index (Phi) is 7.13. The number of ether oxygens (including phenoxy) is 1. The van der Waals surface area contributed by atoms with Gasteiger partial charge < -0.3 is 15.4 Å². The molecule has 1 atom stereocenters. The molecule has 2 saturated heterocycles. The van der Waals surface area contributed by atoms with Gasteiger partial charge in [0.15, 0.2) is 0 Å². The normalized spacial score (nSPS) is 24.0. The number of carbonyl (C=O) groups is 4. The van der Waals surface area contributed by atoms with E-state index in [9.17, 15) is 19.2 Å². The number of pyridine rings is 1. The number of piperidine rings is 1. The Morgan fingerprint density at radius 1 is 0.977 bits per heavy atom. The van der Waals surface area contributed by atoms with Crippen molar-refractivity contribution in [2.75, 3.05) is 30.4 Å². The van der Waals surface area contributed by atoms with E-state index < -0.39 is 29.7 Å². The van der Waals surface area contributed by atoms with Gasteiger partial charge in [-0.2, -0.15) is 5.10 Å². The van der Waals surface area contributed by atoms with Crippen LogP contribution in [0.1, 0.15) is 65.3 Å². The first kappa shape index (κ1) is 27.3. The molecule has 222 valence electrons. The number of benzene rings is 1. The lowest BCUT2D eigenvalue weighted by Crippen LogP contribution is -2.54. The molecule has 2 aromatic heterocycles. The lowest BCUT2D eigenvalue weighted by atomic mass is 9.80. The van der Waals surface area contributed by atoms with E-state index in [-0.39, 0.29) is 24.0 Å². The Morgan fingerprint density at radius 2 is 1.79 bits per heavy atom. The Balaban J connectivity index is 0.927. The van der Waals surface area contributed by atoms with Crippen LogP contribution < -0.4 is 16.0 Å². The molecule has 1 unspecified atom stereocenters. The summed E-state index contributed by atoms with van der Waals surface area (Å²) < 4.78 is 7.47. The van der Waals surface area contributed by atoms with Crippen molar-refractivity contribution in [1.29, 1.82) is 0 Å². The molecular formula is C31H33N7O5. The van der Waals surface area contributed by atoms with Crippen molar-refractivity contribution in [1.82, 2.24) is 25.0 Å². The number of imide groups is 2. The highest BCUT2D eigenvalue weighted by atomic mass is 16.5. The summed E-state index contributed by atoms with van der Waals surface area (Å²) in [7, 11) is 0. The van der Waals surface area contributed by atoms with Crippen molar-refractivity contribution < 1.29 is 23.9 Å². The number of hydrogen-bond acceptors (Lipinski definition) is 9. The molecule has 1 saturated carbocycles. The molecule has 0 radical (unpaired) electrons. The quantitative estimate of drug-likeness (QED) is 0.341. The maximum atomic E-state index is 13.1. The van der Waals surface area contributed by atoms with Crippen LogP contribution in [0.15, 0.2) is 48.8 Å². The van der Waals surface area contributed by atoms with Gasteiger partial charge in [-0.3, -0.25) is 34.1 Å². The van der Waals surface area contributed by atoms with E-state index in [1.165, 1.54) is 0 Å². The first-order chi connectivity index (χ1) is 20.9. The van der Waals surface area contributed by atoms with Crippen molar-refractivity contribution in [3.63, 3.8) is 0 Å². The Morgan fingerprint density at radius 3 is 2.60 bits per heavy atom. The zero-order chi connectivity index (χ0) is 29.5. The molecule has 0 spiro atoms. The van der Waals surface area contributed by atoms with E-state index in [0.29, 0.717) is 18.0 Å². The first-order valence-electron chi connectivity index (χ1n) is 14.9. The van der Waals surface area contributed by atoms with Gasteiger partial charge in [0.2, 0.25) is 11.8 Å². The van der Waals surface area contributed by atoms with Crippen LogP contribution in [0.25, 0.3) is 11.3 Å². The standard InChI is InChI=1S/C31H33N7O5/c39-28-7-6-26(29(40)36-28)38-30(41)23-5-4-21(14-24(23)31(38)42)32-15-18-12-22(13-18)37-17-19(16-33-37)25-2-1-3-27(35-25)34-20-8-10-43-11-9-20/h1-5,14,16-18,20,22,26,32H,6-13,15H2,(H,34,35)(H,36,39,40). The second-order valence-corrected chi connectivity index (χ2v) is 11.7. The number of fused-ring (bicyclic) bond motifs is 1. The third-order valence-electron chi connectivity index (χ3n) is 8.84. The molecule has 3 aliphatic heterocycles. The van der Waals surface area contributed by atoms with Crippen LogP contribution in [0, 0.1) is 5.92 Å². The zero-order valence-electron chi connectivity index (χ0n) is 23.6. The van der Waals surface area contributed by atoms with Crippen LogP contribution in [0.5, 0.6) is 0 Å². The summed E-state index contributed by atoms with van der Waals surface area (Å²) in [5.41, 5.74) is 3.17. The van der Waals surface area contributed by atoms with Crippen LogP contribution in [0.4, 0.5) is 11.5 Å². The van der Waals surface area contributed by atoms with E-state index in [0.717, 1.165) is 73.1 Å². The number of carbonyl (C=O) groups excluding carboxylic acids is 4. The van der Waals surface area contributed by atoms with Crippen LogP contribution >= 0.6 is 0 Å². The van der Waals surface area contributed by atoms with Gasteiger partial charge in [-0.15, -0.1) is 0 Å². The molecule has 4 aliphatic rings. The fourth-order valence-electron chi connectivity index (χ4n) is 6.32. The number of nitrogens with one attached hydrogen (secondary N) is 3. The number of nitrogens with zero attached hydrogens (tertiary/aromatic N) is 4. The van der Waals surface area contributed by atoms with Crippen LogP contribution in [0.3, 0.4) is 0 Å². The minimum atomic E-state index is -0.968. The molecule has 12 heteroatoms. The summed E-state index contributed by atoms with van der Waals surface area (Å²) in [6.07, 6.45) is 8.07. The van der Waals surface area contributed by atoms with Gasteiger partial charge >= 0.3 is 0 Å². The second-order valence-electron chi connectivity index (χ2n) is 11.7. The highest BCUT2D eigenvalue weighted by Crippen LogP contribution is 2.38. The molecule has 3 N–H and O–H groups in total. The van der Waals surface area contributed by atoms with Crippen LogP contribution in [-0.2, 0) is 14.3 Å². The van der Waals surface area contributed by atoms with E-state index in [1.807, 2.05) is 29.1 Å². The van der Waals surface area contributed by atoms with Gasteiger partial charge in [0.1, 0.15) is 11.9 Å². The molecule has 4 amide bonds. The van der Waals surface area contributed by atoms with Crippen LogP contribution in [-0.4, -0.2) is 75.1 Å². The summed E-state index contributed by atoms with van der Waals surface area (Å²) in [6, 6.07) is 10.8. The molecule has 43 heavy (non-hydrogen) atoms. The van der Waals surface area contributed by atoms with E-state index in [4.69, 9.17) is 9.72 Å². The maximum absolute atomic E-state index is 13.1. The summed E-state index contributed by atoms with van der Waals surface area (Å²) in [5.74, 6) is -0.701. The SMILES string of the molecule is O=C1CCC(N2C(=O)c3ccc(NCC4CC(n5cc(-c6cccc(NC7CCOCC7)n6)cn5)C4)cc3C2=O)C(=O)N1. The molecule has 1 aliphatic carbocycles. The van der Waals surface area contributed by atoms with E-state index in [1.54, 1.807) is 18.2 Å². The summed E-state index contributed by atoms with van der Waals surface area (Å²) in [4.78, 5) is 55.6. The molecule has 1 aromatic carbocycles. The summed E-state index contributed by atoms with van der Waals surface area (Å²) in [6.45, 7) is 2.28. The average molecular weight is 584 g/mol. The minimum Gasteiger partial charge on any atom is -0.385 e. The second kappa shape index (κ2) is 11.3. The zero-order valence-corrected chi connectivity index (χ0v) is 23.6. The summed E-state index contributed by atoms with van der Waals surface area (Å²) in [5, 5.41) is 13.8. The molecule has 0 bridgehead atoms. The number of aromatic nitrogens is 3. The topological polar surface area (TPSA) is 148 Å². The Hall–Kier alpha value is -4.58. The molecule has 3 fully saturated rings. The fraction of sp³-hybridized carbons (Fsp3) is 0.419. The van der Waals surface area contributed by atoms with Gasteiger partial charge in [0.25, 0.3) is 11.8 Å². The molecular weight excluding hydrogens is 550 g/mol. The highest BCUT2D eigenvalue weighted by molar-refractivity contribution is 6.23. The van der Waals surface area contributed by atoms with E-state index in [2.05, 4.69) is 27.2 Å². The van der Waals surface area contributed by atoms with Crippen molar-refractivity contribution in [2.24, 2.45) is 5.92 Å². The Bertz CT molecular complexity index is 1590. The maximum Gasteiger partial charge on any atom is 0.262 e. The van der Waals surface area contributed by atoms with Crippen molar-refractivity contribution in [3.05, 3.63) is 59.9 Å². The number of hydrogen-bond donors (Lipinski definition) is 3. The monoisotopic (exact) mass is 583 g/mol. The highest BCUT2D eigenvalue weighted by Gasteiger charge is 2.44. The van der Waals surface area contributed by atoms with Gasteiger partial charge in [-0.1, -0.05) is 6.07 Å². The summed E-state index contributed by atoms with van der Waals surface area (Å²) >= 11 is 0. The predicted molar refractivity (Wildman–Crippen MR) is 156 cm³/mol. The van der Waals surface area contributed by atoms with Crippen molar-refractivity contribution >= 4 is 35.1 Å². The molecule has 5 heterocycles. The largest absolute Gasteiger partial charge is 0.385 e. The molecule has 7 rings (SSSR count). The van der Waals surface area contributed by atoms with Gasteiger partial charge in [-0.25, -0.2) is 4.98 Å². The minimum absolute atomic E-state index is 0.0945. The number of amides is 4. The van der Waals surface area contributed by atoms with E-state index >= 15 is 0 Å². The number of anilines is 2. The number of rotatable bonds is 8. The predicted octanol–water partition coefficient (Wildman–Crippen LogP) is 3.00. The van der Waals surface area contributed by atoms with Crippen molar-refractivity contribution in [3.8, 4) is 11.3 Å². The smallest absolute Gasteiger partial charge is 0.262 e.